The molecule has 0 saturated carbocycles. The van der Waals surface area contributed by atoms with Crippen molar-refractivity contribution in [1.82, 2.24) is 9.88 Å². The first-order valence-corrected chi connectivity index (χ1v) is 12.2. The van der Waals surface area contributed by atoms with E-state index in [1.54, 1.807) is 6.07 Å². The zero-order valence-corrected chi connectivity index (χ0v) is 21.0. The van der Waals surface area contributed by atoms with Gasteiger partial charge in [-0.05, 0) is 42.4 Å². The van der Waals surface area contributed by atoms with Crippen LogP contribution in [0, 0.1) is 11.3 Å². The zero-order chi connectivity index (χ0) is 26.4. The molecule has 1 saturated heterocycles. The van der Waals surface area contributed by atoms with Crippen LogP contribution in [0.5, 0.6) is 0 Å². The molecule has 0 atom stereocenters. The third-order valence-corrected chi connectivity index (χ3v) is 6.56. The number of nitrogens with one attached hydrogen (secondary N) is 2. The minimum absolute atomic E-state index is 0.215. The normalized spacial score (nSPS) is 13.6. The van der Waals surface area contributed by atoms with E-state index >= 15 is 0 Å². The molecule has 6 N–H and O–H groups in total. The lowest BCUT2D eigenvalue weighted by Gasteiger charge is -2.35. The van der Waals surface area contributed by atoms with E-state index < -0.39 is 5.91 Å². The number of nitrogens with zero attached hydrogens (tertiary/aromatic N) is 4. The number of rotatable bonds is 9. The number of primary amides is 1. The Bertz CT molecular complexity index is 1320. The predicted octanol–water partition coefficient (Wildman–Crippen LogP) is 3.53. The number of carbonyl (C=O) groups excluding carboxylic acids is 1. The van der Waals surface area contributed by atoms with Crippen molar-refractivity contribution < 1.29 is 4.79 Å². The van der Waals surface area contributed by atoms with Crippen LogP contribution >= 0.6 is 0 Å². The van der Waals surface area contributed by atoms with E-state index in [1.165, 1.54) is 6.20 Å². The fourth-order valence-corrected chi connectivity index (χ4v) is 4.27. The molecule has 9 heteroatoms. The van der Waals surface area contributed by atoms with E-state index in [0.717, 1.165) is 44.0 Å². The van der Waals surface area contributed by atoms with Gasteiger partial charge in [-0.3, -0.25) is 4.79 Å². The molecule has 37 heavy (non-hydrogen) atoms. The third kappa shape index (κ3) is 6.18. The van der Waals surface area contributed by atoms with Crippen LogP contribution in [0.1, 0.15) is 23.6 Å². The SMILES string of the molecule is C=C(C(N)=O)c1cc(N2CCN(CC)CC2)ccc1Nc1cc(NCc2ccc(N)cc2)c(C#N)cn1. The van der Waals surface area contributed by atoms with Gasteiger partial charge in [-0.1, -0.05) is 25.6 Å². The summed E-state index contributed by atoms with van der Waals surface area (Å²) in [5.74, 6) is -0.0729. The Balaban J connectivity index is 1.58. The summed E-state index contributed by atoms with van der Waals surface area (Å²) in [7, 11) is 0. The second kappa shape index (κ2) is 11.5. The van der Waals surface area contributed by atoms with Gasteiger partial charge >= 0.3 is 0 Å². The molecule has 190 valence electrons. The molecule has 3 aromatic rings. The van der Waals surface area contributed by atoms with Crippen molar-refractivity contribution in [1.29, 1.82) is 5.26 Å². The van der Waals surface area contributed by atoms with Gasteiger partial charge in [0, 0.05) is 73.2 Å². The highest BCUT2D eigenvalue weighted by atomic mass is 16.1. The first-order valence-electron chi connectivity index (χ1n) is 12.2. The summed E-state index contributed by atoms with van der Waals surface area (Å²) >= 11 is 0. The molecule has 2 aromatic carbocycles. The quantitative estimate of drug-likeness (QED) is 0.261. The van der Waals surface area contributed by atoms with Gasteiger partial charge in [0.2, 0.25) is 5.91 Å². The molecule has 1 fully saturated rings. The largest absolute Gasteiger partial charge is 0.399 e. The molecule has 1 aromatic heterocycles. The minimum Gasteiger partial charge on any atom is -0.399 e. The van der Waals surface area contributed by atoms with Crippen molar-refractivity contribution in [2.75, 3.05) is 54.0 Å². The van der Waals surface area contributed by atoms with Gasteiger partial charge in [0.1, 0.15) is 11.9 Å². The fraction of sp³-hybridized carbons (Fsp3) is 0.250. The smallest absolute Gasteiger partial charge is 0.248 e. The Kier molecular flexibility index (Phi) is 7.91. The number of hydrogen-bond acceptors (Lipinski definition) is 8. The topological polar surface area (TPSA) is 136 Å². The molecule has 4 rings (SSSR count). The van der Waals surface area contributed by atoms with E-state index in [2.05, 4.69) is 45.0 Å². The van der Waals surface area contributed by atoms with Crippen molar-refractivity contribution in [3.05, 3.63) is 78.0 Å². The molecule has 1 aliphatic heterocycles. The molecule has 9 nitrogen and oxygen atoms in total. The molecule has 2 heterocycles. The van der Waals surface area contributed by atoms with Crippen molar-refractivity contribution in [3.63, 3.8) is 0 Å². The fourth-order valence-electron chi connectivity index (χ4n) is 4.27. The number of nitrogen functional groups attached to an aromatic ring is 1. The predicted molar refractivity (Wildman–Crippen MR) is 149 cm³/mol. The summed E-state index contributed by atoms with van der Waals surface area (Å²) < 4.78 is 0. The van der Waals surface area contributed by atoms with Crippen LogP contribution in [-0.2, 0) is 11.3 Å². The number of carbonyl (C=O) groups is 1. The first-order chi connectivity index (χ1) is 17.9. The van der Waals surface area contributed by atoms with Crippen LogP contribution < -0.4 is 27.0 Å². The number of anilines is 5. The van der Waals surface area contributed by atoms with E-state index in [9.17, 15) is 10.1 Å². The Morgan fingerprint density at radius 1 is 1.11 bits per heavy atom. The van der Waals surface area contributed by atoms with Crippen molar-refractivity contribution >= 4 is 40.0 Å². The van der Waals surface area contributed by atoms with Crippen molar-refractivity contribution in [2.45, 2.75) is 13.5 Å². The summed E-state index contributed by atoms with van der Waals surface area (Å²) in [6, 6.07) is 17.3. The maximum absolute atomic E-state index is 12.1. The average molecular weight is 497 g/mol. The van der Waals surface area contributed by atoms with E-state index in [4.69, 9.17) is 11.5 Å². The highest BCUT2D eigenvalue weighted by molar-refractivity contribution is 6.19. The van der Waals surface area contributed by atoms with Gasteiger partial charge < -0.3 is 31.9 Å². The number of piperazine rings is 1. The first kappa shape index (κ1) is 25.5. The van der Waals surface area contributed by atoms with Crippen LogP contribution in [0.3, 0.4) is 0 Å². The second-order valence-corrected chi connectivity index (χ2v) is 8.94. The Morgan fingerprint density at radius 3 is 2.49 bits per heavy atom. The van der Waals surface area contributed by atoms with Crippen molar-refractivity contribution in [3.8, 4) is 6.07 Å². The molecule has 0 aliphatic carbocycles. The lowest BCUT2D eigenvalue weighted by Crippen LogP contribution is -2.46. The number of hydrogen-bond donors (Lipinski definition) is 4. The molecule has 0 bridgehead atoms. The number of nitriles is 1. The van der Waals surface area contributed by atoms with Crippen LogP contribution in [0.15, 0.2) is 61.3 Å². The molecule has 1 amide bonds. The number of aromatic nitrogens is 1. The maximum Gasteiger partial charge on any atom is 0.248 e. The highest BCUT2D eigenvalue weighted by Gasteiger charge is 2.19. The molecule has 0 radical (unpaired) electrons. The molecule has 0 spiro atoms. The van der Waals surface area contributed by atoms with Gasteiger partial charge in [0.05, 0.1) is 11.3 Å². The minimum atomic E-state index is -0.588. The molecular formula is C28H32N8O. The number of likely N-dealkylation sites (N-methyl/N-ethyl adjacent to an activating group) is 1. The highest BCUT2D eigenvalue weighted by Crippen LogP contribution is 2.31. The number of amides is 1. The van der Waals surface area contributed by atoms with Gasteiger partial charge in [0.25, 0.3) is 0 Å². The van der Waals surface area contributed by atoms with Gasteiger partial charge in [0.15, 0.2) is 0 Å². The van der Waals surface area contributed by atoms with Crippen molar-refractivity contribution in [2.24, 2.45) is 5.73 Å². The van der Waals surface area contributed by atoms with Crippen LogP contribution in [-0.4, -0.2) is 48.5 Å². The maximum atomic E-state index is 12.1. The Morgan fingerprint density at radius 2 is 1.84 bits per heavy atom. The van der Waals surface area contributed by atoms with Crippen LogP contribution in [0.4, 0.5) is 28.6 Å². The van der Waals surface area contributed by atoms with Gasteiger partial charge in [-0.15, -0.1) is 0 Å². The van der Waals surface area contributed by atoms with E-state index in [0.29, 0.717) is 40.6 Å². The average Bonchev–Trinajstić information content (AvgIpc) is 2.92. The zero-order valence-electron chi connectivity index (χ0n) is 21.0. The van der Waals surface area contributed by atoms with Gasteiger partial charge in [-0.2, -0.15) is 5.26 Å². The molecule has 1 aliphatic rings. The molecular weight excluding hydrogens is 464 g/mol. The third-order valence-electron chi connectivity index (χ3n) is 6.56. The van der Waals surface area contributed by atoms with Gasteiger partial charge in [-0.25, -0.2) is 4.98 Å². The van der Waals surface area contributed by atoms with Crippen LogP contribution in [0.25, 0.3) is 5.57 Å². The summed E-state index contributed by atoms with van der Waals surface area (Å²) in [5, 5.41) is 16.1. The van der Waals surface area contributed by atoms with E-state index in [1.807, 2.05) is 42.5 Å². The summed E-state index contributed by atoms with van der Waals surface area (Å²) in [6.07, 6.45) is 1.51. The Hall–Kier alpha value is -4.55. The number of pyridine rings is 1. The lowest BCUT2D eigenvalue weighted by atomic mass is 10.0. The standard InChI is InChI=1S/C28H32N8O/c1-3-35-10-12-36(13-11-35)23-8-9-25(24(14-23)19(2)28(31)37)34-27-15-26(21(16-29)18-33-27)32-17-20-4-6-22(30)7-5-20/h4-9,14-15,18H,2-3,10-13,17,30H2,1H3,(H2,31,37)(H2,32,33,34). The van der Waals surface area contributed by atoms with Crippen LogP contribution in [0.2, 0.25) is 0 Å². The lowest BCUT2D eigenvalue weighted by molar-refractivity contribution is -0.112. The van der Waals surface area contributed by atoms with E-state index in [-0.39, 0.29) is 5.57 Å². The Labute approximate surface area is 217 Å². The summed E-state index contributed by atoms with van der Waals surface area (Å²) in [6.45, 7) is 11.4. The number of nitrogens with two attached hydrogens (primary N) is 2. The summed E-state index contributed by atoms with van der Waals surface area (Å²) in [4.78, 5) is 21.2. The molecule has 0 unspecified atom stereocenters. The number of benzene rings is 2. The monoisotopic (exact) mass is 496 g/mol. The summed E-state index contributed by atoms with van der Waals surface area (Å²) in [5.41, 5.74) is 16.6. The second-order valence-electron chi connectivity index (χ2n) is 8.94.